The summed E-state index contributed by atoms with van der Waals surface area (Å²) in [5.74, 6) is 0. The summed E-state index contributed by atoms with van der Waals surface area (Å²) in [6, 6.07) is 3.43. The molecular formula is C6H2Cl2N2S. The molecule has 0 N–H and O–H groups in total. The van der Waals surface area contributed by atoms with Crippen molar-refractivity contribution in [3.05, 3.63) is 22.2 Å². The molecule has 1 aromatic carbocycles. The van der Waals surface area contributed by atoms with E-state index < -0.39 is 0 Å². The average Bonchev–Trinajstić information content (AvgIpc) is 2.45. The Morgan fingerprint density at radius 3 is 1.91 bits per heavy atom. The van der Waals surface area contributed by atoms with Gasteiger partial charge in [0.15, 0.2) is 0 Å². The molecule has 2 rings (SSSR count). The van der Waals surface area contributed by atoms with Crippen LogP contribution in [0.15, 0.2) is 12.1 Å². The van der Waals surface area contributed by atoms with Crippen molar-refractivity contribution in [1.82, 2.24) is 8.75 Å². The van der Waals surface area contributed by atoms with E-state index in [1.165, 1.54) is 0 Å². The van der Waals surface area contributed by atoms with Crippen molar-refractivity contribution in [2.24, 2.45) is 0 Å². The van der Waals surface area contributed by atoms with Crippen LogP contribution in [0.1, 0.15) is 0 Å². The number of nitrogens with zero attached hydrogens (tertiary/aromatic N) is 2. The largest absolute Gasteiger partial charge is 0.171 e. The summed E-state index contributed by atoms with van der Waals surface area (Å²) in [5, 5.41) is 1.19. The van der Waals surface area contributed by atoms with Crippen LogP contribution in [-0.2, 0) is 0 Å². The minimum absolute atomic E-state index is 0.596. The lowest BCUT2D eigenvalue weighted by atomic mass is 10.3. The normalized spacial score (nSPS) is 10.7. The van der Waals surface area contributed by atoms with Gasteiger partial charge in [0.25, 0.3) is 0 Å². The van der Waals surface area contributed by atoms with E-state index >= 15 is 0 Å². The first-order chi connectivity index (χ1) is 5.29. The van der Waals surface area contributed by atoms with Crippen LogP contribution in [0.2, 0.25) is 10.0 Å². The van der Waals surface area contributed by atoms with Crippen molar-refractivity contribution in [3.63, 3.8) is 0 Å². The molecule has 0 radical (unpaired) electrons. The monoisotopic (exact) mass is 204 g/mol. The third kappa shape index (κ3) is 1.09. The van der Waals surface area contributed by atoms with Crippen LogP contribution >= 0.6 is 34.9 Å². The summed E-state index contributed by atoms with van der Waals surface area (Å²) < 4.78 is 7.99. The van der Waals surface area contributed by atoms with Crippen LogP contribution in [0, 0.1) is 0 Å². The molecule has 0 aliphatic carbocycles. The Kier molecular flexibility index (Phi) is 1.71. The maximum Gasteiger partial charge on any atom is 0.124 e. The van der Waals surface area contributed by atoms with E-state index in [0.29, 0.717) is 21.1 Å². The molecule has 0 aliphatic heterocycles. The average molecular weight is 205 g/mol. The van der Waals surface area contributed by atoms with Gasteiger partial charge in [-0.1, -0.05) is 23.2 Å². The number of hydrogen-bond donors (Lipinski definition) is 0. The van der Waals surface area contributed by atoms with E-state index in [1.807, 2.05) is 0 Å². The summed E-state index contributed by atoms with van der Waals surface area (Å²) in [7, 11) is 0. The van der Waals surface area contributed by atoms with E-state index in [9.17, 15) is 0 Å². The van der Waals surface area contributed by atoms with Crippen LogP contribution < -0.4 is 0 Å². The second-order valence-electron chi connectivity index (χ2n) is 1.99. The number of benzene rings is 1. The number of rotatable bonds is 0. The van der Waals surface area contributed by atoms with Gasteiger partial charge < -0.3 is 0 Å². The first-order valence-electron chi connectivity index (χ1n) is 2.85. The van der Waals surface area contributed by atoms with Crippen molar-refractivity contribution in [1.29, 1.82) is 0 Å². The smallest absolute Gasteiger partial charge is 0.124 e. The van der Waals surface area contributed by atoms with Crippen molar-refractivity contribution < 1.29 is 0 Å². The molecule has 0 unspecified atom stereocenters. The topological polar surface area (TPSA) is 25.8 Å². The third-order valence-corrected chi connectivity index (χ3v) is 2.46. The Morgan fingerprint density at radius 1 is 1.00 bits per heavy atom. The predicted octanol–water partition coefficient (Wildman–Crippen LogP) is 3.00. The van der Waals surface area contributed by atoms with Crippen LogP contribution in [-0.4, -0.2) is 8.75 Å². The van der Waals surface area contributed by atoms with E-state index in [-0.39, 0.29) is 0 Å². The summed E-state index contributed by atoms with van der Waals surface area (Å²) >= 11 is 12.7. The summed E-state index contributed by atoms with van der Waals surface area (Å²) in [4.78, 5) is 0. The molecule has 56 valence electrons. The van der Waals surface area contributed by atoms with Gasteiger partial charge in [-0.2, -0.15) is 8.75 Å². The van der Waals surface area contributed by atoms with Crippen molar-refractivity contribution in [2.45, 2.75) is 0 Å². The summed E-state index contributed by atoms with van der Waals surface area (Å²) in [6.45, 7) is 0. The lowest BCUT2D eigenvalue weighted by molar-refractivity contribution is 1.64. The fourth-order valence-electron chi connectivity index (χ4n) is 0.806. The molecule has 2 aromatic rings. The molecule has 0 spiro atoms. The summed E-state index contributed by atoms with van der Waals surface area (Å²) in [5.41, 5.74) is 1.37. The molecule has 0 atom stereocenters. The Morgan fingerprint density at radius 2 is 1.45 bits per heavy atom. The SMILES string of the molecule is Clc1ccc(Cl)c2nsnc12. The first kappa shape index (κ1) is 7.28. The van der Waals surface area contributed by atoms with Crippen molar-refractivity contribution in [3.8, 4) is 0 Å². The Bertz CT molecular complexity index is 362. The molecule has 0 saturated carbocycles. The molecule has 0 fully saturated rings. The Labute approximate surface area is 77.1 Å². The van der Waals surface area contributed by atoms with Gasteiger partial charge in [-0.25, -0.2) is 0 Å². The van der Waals surface area contributed by atoms with Gasteiger partial charge in [-0.05, 0) is 12.1 Å². The van der Waals surface area contributed by atoms with Crippen LogP contribution in [0.3, 0.4) is 0 Å². The molecule has 11 heavy (non-hydrogen) atoms. The molecule has 0 amide bonds. The fourth-order valence-corrected chi connectivity index (χ4v) is 1.87. The molecule has 0 bridgehead atoms. The van der Waals surface area contributed by atoms with E-state index in [0.717, 1.165) is 11.7 Å². The molecule has 2 nitrogen and oxygen atoms in total. The highest BCUT2D eigenvalue weighted by molar-refractivity contribution is 7.00. The lowest BCUT2D eigenvalue weighted by Crippen LogP contribution is -1.72. The first-order valence-corrected chi connectivity index (χ1v) is 4.34. The van der Waals surface area contributed by atoms with Gasteiger partial charge in [0.05, 0.1) is 21.8 Å². The van der Waals surface area contributed by atoms with Crippen molar-refractivity contribution in [2.75, 3.05) is 0 Å². The molecule has 5 heteroatoms. The Balaban J connectivity index is 2.96. The fraction of sp³-hybridized carbons (Fsp3) is 0. The molecule has 1 heterocycles. The van der Waals surface area contributed by atoms with Gasteiger partial charge in [0.1, 0.15) is 11.0 Å². The number of aromatic nitrogens is 2. The maximum atomic E-state index is 5.82. The number of hydrogen-bond acceptors (Lipinski definition) is 3. The van der Waals surface area contributed by atoms with Crippen LogP contribution in [0.5, 0.6) is 0 Å². The summed E-state index contributed by atoms with van der Waals surface area (Å²) in [6.07, 6.45) is 0. The molecule has 0 saturated heterocycles. The zero-order valence-corrected chi connectivity index (χ0v) is 7.54. The standard InChI is InChI=1S/C6H2Cl2N2S/c7-3-1-2-4(8)6-5(3)9-11-10-6/h1-2H. The van der Waals surface area contributed by atoms with Gasteiger partial charge in [-0.3, -0.25) is 0 Å². The van der Waals surface area contributed by atoms with Gasteiger partial charge in [-0.15, -0.1) is 0 Å². The quantitative estimate of drug-likeness (QED) is 0.660. The second kappa shape index (κ2) is 2.59. The van der Waals surface area contributed by atoms with Gasteiger partial charge >= 0.3 is 0 Å². The highest BCUT2D eigenvalue weighted by atomic mass is 35.5. The number of halogens is 2. The van der Waals surface area contributed by atoms with Crippen LogP contribution in [0.4, 0.5) is 0 Å². The van der Waals surface area contributed by atoms with Gasteiger partial charge in [0, 0.05) is 0 Å². The maximum absolute atomic E-state index is 5.82. The minimum atomic E-state index is 0.596. The molecule has 1 aromatic heterocycles. The molecule has 0 aliphatic rings. The predicted molar refractivity (Wildman–Crippen MR) is 47.4 cm³/mol. The third-order valence-electron chi connectivity index (χ3n) is 1.32. The highest BCUT2D eigenvalue weighted by Gasteiger charge is 2.06. The lowest BCUT2D eigenvalue weighted by Gasteiger charge is -1.91. The van der Waals surface area contributed by atoms with E-state index in [1.54, 1.807) is 12.1 Å². The van der Waals surface area contributed by atoms with Gasteiger partial charge in [0.2, 0.25) is 0 Å². The Hall–Kier alpha value is -0.380. The van der Waals surface area contributed by atoms with Crippen molar-refractivity contribution >= 4 is 46.0 Å². The zero-order valence-electron chi connectivity index (χ0n) is 5.21. The zero-order chi connectivity index (χ0) is 7.84. The minimum Gasteiger partial charge on any atom is -0.171 e. The second-order valence-corrected chi connectivity index (χ2v) is 3.33. The van der Waals surface area contributed by atoms with Crippen LogP contribution in [0.25, 0.3) is 11.0 Å². The van der Waals surface area contributed by atoms with E-state index in [2.05, 4.69) is 8.75 Å². The highest BCUT2D eigenvalue weighted by Crippen LogP contribution is 2.27. The molecular weight excluding hydrogens is 203 g/mol. The van der Waals surface area contributed by atoms with E-state index in [4.69, 9.17) is 23.2 Å². The number of fused-ring (bicyclic) bond motifs is 1.